The first-order valence-corrected chi connectivity index (χ1v) is 8.84. The van der Waals surface area contributed by atoms with Gasteiger partial charge in [-0.2, -0.15) is 0 Å². The van der Waals surface area contributed by atoms with Gasteiger partial charge in [0, 0.05) is 4.88 Å². The molecular formula is C18H20N2OS. The molecule has 22 heavy (non-hydrogen) atoms. The number of benzene rings is 1. The Bertz CT molecular complexity index is 707. The molecule has 0 saturated carbocycles. The first kappa shape index (κ1) is 13.8. The number of carbonyl (C=O) groups excluding carboxylic acids is 1. The molecule has 2 heterocycles. The Hall–Kier alpha value is -1.81. The molecule has 4 heteroatoms. The summed E-state index contributed by atoms with van der Waals surface area (Å²) in [5.41, 5.74) is 3.29. The van der Waals surface area contributed by atoms with Crippen molar-refractivity contribution in [2.75, 3.05) is 5.32 Å². The molecule has 2 atom stereocenters. The number of anilines is 1. The van der Waals surface area contributed by atoms with Crippen molar-refractivity contribution in [2.45, 2.75) is 38.8 Å². The molecule has 3 nitrogen and oxygen atoms in total. The highest BCUT2D eigenvalue weighted by Gasteiger charge is 2.33. The number of fused-ring (bicyclic) bond motifs is 3. The van der Waals surface area contributed by atoms with Crippen LogP contribution >= 0.6 is 11.3 Å². The van der Waals surface area contributed by atoms with E-state index in [4.69, 9.17) is 0 Å². The molecule has 1 aromatic heterocycles. The second kappa shape index (κ2) is 5.43. The molecule has 0 spiro atoms. The normalized spacial score (nSPS) is 23.2. The summed E-state index contributed by atoms with van der Waals surface area (Å²) in [5.74, 6) is 0.857. The lowest BCUT2D eigenvalue weighted by atomic mass is 9.85. The number of carbonyl (C=O) groups is 1. The first-order chi connectivity index (χ1) is 10.8. The van der Waals surface area contributed by atoms with Crippen molar-refractivity contribution < 1.29 is 4.79 Å². The molecule has 0 fully saturated rings. The van der Waals surface area contributed by atoms with Gasteiger partial charge >= 0.3 is 0 Å². The third-order valence-electron chi connectivity index (χ3n) is 4.86. The highest BCUT2D eigenvalue weighted by Crippen LogP contribution is 2.43. The zero-order valence-corrected chi connectivity index (χ0v) is 13.5. The highest BCUT2D eigenvalue weighted by molar-refractivity contribution is 7.16. The Kier molecular flexibility index (Phi) is 3.41. The van der Waals surface area contributed by atoms with Crippen LogP contribution in [0.2, 0.25) is 0 Å². The minimum atomic E-state index is -0.122. The number of rotatable bonds is 2. The molecular weight excluding hydrogens is 292 g/mol. The van der Waals surface area contributed by atoms with Crippen LogP contribution in [0, 0.1) is 5.92 Å². The van der Waals surface area contributed by atoms with E-state index in [-0.39, 0.29) is 12.1 Å². The Morgan fingerprint density at radius 1 is 1.23 bits per heavy atom. The summed E-state index contributed by atoms with van der Waals surface area (Å²) in [6.45, 7) is 2.26. The molecule has 4 rings (SSSR count). The SMILES string of the molecule is CC[C@@H]1CCc2c(sc3c2C(=O)N[C@@H](c2ccccc2)N3)C1. The van der Waals surface area contributed by atoms with Gasteiger partial charge in [-0.25, -0.2) is 0 Å². The van der Waals surface area contributed by atoms with Crippen LogP contribution in [0.4, 0.5) is 5.00 Å². The number of amides is 1. The fourth-order valence-electron chi connectivity index (χ4n) is 3.53. The van der Waals surface area contributed by atoms with Crippen LogP contribution in [-0.2, 0) is 12.8 Å². The molecule has 2 aromatic rings. The topological polar surface area (TPSA) is 41.1 Å². The Balaban J connectivity index is 1.68. The first-order valence-electron chi connectivity index (χ1n) is 8.03. The number of hydrogen-bond acceptors (Lipinski definition) is 3. The van der Waals surface area contributed by atoms with E-state index in [0.717, 1.165) is 34.9 Å². The summed E-state index contributed by atoms with van der Waals surface area (Å²) < 4.78 is 0. The second-order valence-electron chi connectivity index (χ2n) is 6.19. The van der Waals surface area contributed by atoms with Gasteiger partial charge in [0.25, 0.3) is 5.91 Å². The fourth-order valence-corrected chi connectivity index (χ4v) is 4.91. The number of thiophene rings is 1. The summed E-state index contributed by atoms with van der Waals surface area (Å²) >= 11 is 1.79. The van der Waals surface area contributed by atoms with Crippen molar-refractivity contribution in [2.24, 2.45) is 5.92 Å². The Morgan fingerprint density at radius 2 is 2.05 bits per heavy atom. The zero-order valence-electron chi connectivity index (χ0n) is 12.7. The molecule has 1 amide bonds. The molecule has 0 bridgehead atoms. The van der Waals surface area contributed by atoms with Gasteiger partial charge < -0.3 is 10.6 Å². The minimum absolute atomic E-state index is 0.0788. The van der Waals surface area contributed by atoms with Crippen LogP contribution in [0.5, 0.6) is 0 Å². The van der Waals surface area contributed by atoms with Gasteiger partial charge in [-0.15, -0.1) is 11.3 Å². The van der Waals surface area contributed by atoms with E-state index < -0.39 is 0 Å². The van der Waals surface area contributed by atoms with E-state index in [0.29, 0.717) is 0 Å². The molecule has 1 aromatic carbocycles. The maximum Gasteiger partial charge on any atom is 0.256 e. The summed E-state index contributed by atoms with van der Waals surface area (Å²) in [7, 11) is 0. The standard InChI is InChI=1S/C18H20N2OS/c1-2-11-8-9-13-14(10-11)22-18-15(13)17(21)19-16(20-18)12-6-4-3-5-7-12/h3-7,11,16,20H,2,8-10H2,1H3,(H,19,21)/t11-,16-/m1/s1. The third-order valence-corrected chi connectivity index (χ3v) is 6.04. The van der Waals surface area contributed by atoms with E-state index >= 15 is 0 Å². The van der Waals surface area contributed by atoms with Crippen molar-refractivity contribution >= 4 is 22.2 Å². The largest absolute Gasteiger partial charge is 0.353 e. The minimum Gasteiger partial charge on any atom is -0.353 e. The second-order valence-corrected chi connectivity index (χ2v) is 7.29. The lowest BCUT2D eigenvalue weighted by Gasteiger charge is -2.27. The summed E-state index contributed by atoms with van der Waals surface area (Å²) in [5, 5.41) is 7.68. The average molecular weight is 312 g/mol. The van der Waals surface area contributed by atoms with Crippen molar-refractivity contribution in [1.82, 2.24) is 5.32 Å². The predicted molar refractivity (Wildman–Crippen MR) is 90.4 cm³/mol. The summed E-state index contributed by atoms with van der Waals surface area (Å²) in [6, 6.07) is 10.1. The van der Waals surface area contributed by atoms with E-state index in [2.05, 4.69) is 17.6 Å². The van der Waals surface area contributed by atoms with Crippen LogP contribution in [0.1, 0.15) is 52.3 Å². The smallest absolute Gasteiger partial charge is 0.256 e. The molecule has 0 saturated heterocycles. The molecule has 114 valence electrons. The van der Waals surface area contributed by atoms with Crippen molar-refractivity contribution in [1.29, 1.82) is 0 Å². The van der Waals surface area contributed by atoms with Crippen LogP contribution in [0.25, 0.3) is 0 Å². The van der Waals surface area contributed by atoms with E-state index in [1.165, 1.54) is 23.3 Å². The van der Waals surface area contributed by atoms with Gasteiger partial charge in [0.2, 0.25) is 0 Å². The van der Waals surface area contributed by atoms with Crippen molar-refractivity contribution in [3.05, 3.63) is 51.9 Å². The van der Waals surface area contributed by atoms with Crippen LogP contribution < -0.4 is 10.6 Å². The zero-order chi connectivity index (χ0) is 15.1. The quantitative estimate of drug-likeness (QED) is 0.876. The van der Waals surface area contributed by atoms with Gasteiger partial charge in [-0.1, -0.05) is 43.7 Å². The molecule has 0 radical (unpaired) electrons. The summed E-state index contributed by atoms with van der Waals surface area (Å²) in [4.78, 5) is 14.0. The van der Waals surface area contributed by atoms with Crippen molar-refractivity contribution in [3.8, 4) is 0 Å². The lowest BCUT2D eigenvalue weighted by molar-refractivity contribution is 0.0935. The summed E-state index contributed by atoms with van der Waals surface area (Å²) in [6.07, 6.45) is 4.50. The molecule has 1 aliphatic carbocycles. The van der Waals surface area contributed by atoms with Gasteiger partial charge in [-0.05, 0) is 36.3 Å². The van der Waals surface area contributed by atoms with Gasteiger partial charge in [0.15, 0.2) is 0 Å². The van der Waals surface area contributed by atoms with Gasteiger partial charge in [-0.3, -0.25) is 4.79 Å². The van der Waals surface area contributed by atoms with E-state index in [1.807, 2.05) is 30.3 Å². The number of nitrogens with one attached hydrogen (secondary N) is 2. The molecule has 2 aliphatic rings. The molecule has 2 N–H and O–H groups in total. The lowest BCUT2D eigenvalue weighted by Crippen LogP contribution is -2.38. The highest BCUT2D eigenvalue weighted by atomic mass is 32.1. The van der Waals surface area contributed by atoms with Crippen LogP contribution in [-0.4, -0.2) is 5.91 Å². The average Bonchev–Trinajstić information content (AvgIpc) is 2.93. The van der Waals surface area contributed by atoms with Crippen LogP contribution in [0.15, 0.2) is 30.3 Å². The molecule has 1 aliphatic heterocycles. The Morgan fingerprint density at radius 3 is 2.82 bits per heavy atom. The van der Waals surface area contributed by atoms with Crippen molar-refractivity contribution in [3.63, 3.8) is 0 Å². The predicted octanol–water partition coefficient (Wildman–Crippen LogP) is 4.12. The molecule has 0 unspecified atom stereocenters. The number of hydrogen-bond donors (Lipinski definition) is 2. The van der Waals surface area contributed by atoms with Gasteiger partial charge in [0.05, 0.1) is 5.56 Å². The van der Waals surface area contributed by atoms with E-state index in [1.54, 1.807) is 11.3 Å². The van der Waals surface area contributed by atoms with Crippen LogP contribution in [0.3, 0.4) is 0 Å². The monoisotopic (exact) mass is 312 g/mol. The Labute approximate surface area is 134 Å². The maximum atomic E-state index is 12.6. The van der Waals surface area contributed by atoms with Gasteiger partial charge in [0.1, 0.15) is 11.2 Å². The third kappa shape index (κ3) is 2.22. The fraction of sp³-hybridized carbons (Fsp3) is 0.389. The van der Waals surface area contributed by atoms with E-state index in [9.17, 15) is 4.79 Å². The maximum absolute atomic E-state index is 12.6.